The maximum Gasteiger partial charge on any atom is 1.00 e. The van der Waals surface area contributed by atoms with Crippen molar-refractivity contribution in [3.63, 3.8) is 0 Å². The minimum atomic E-state index is -4.29. The van der Waals surface area contributed by atoms with E-state index in [9.17, 15) is 13.2 Å². The number of hydrogen-bond acceptors (Lipinski definition) is 2. The van der Waals surface area contributed by atoms with Gasteiger partial charge in [0.1, 0.15) is 0 Å². The number of benzene rings is 1. The monoisotopic (exact) mass is 529 g/mol. The molecular formula is C16H14Br2F3K2NO-2. The van der Waals surface area contributed by atoms with E-state index in [0.29, 0.717) is 20.3 Å². The first-order valence-corrected chi connectivity index (χ1v) is 7.55. The minimum Gasteiger partial charge on any atom is -0.579 e. The van der Waals surface area contributed by atoms with Crippen LogP contribution in [0.2, 0.25) is 0 Å². The Morgan fingerprint density at radius 3 is 2.52 bits per heavy atom. The zero-order chi connectivity index (χ0) is 16.8. The number of rotatable bonds is 6. The van der Waals surface area contributed by atoms with Gasteiger partial charge in [0.05, 0.1) is 5.92 Å². The van der Waals surface area contributed by atoms with Crippen LogP contribution < -0.4 is 108 Å². The molecule has 0 aliphatic rings. The molecule has 0 amide bonds. The molecule has 0 bridgehead atoms. The number of alkyl halides is 3. The molecule has 1 unspecified atom stereocenters. The average molecular weight is 531 g/mol. The van der Waals surface area contributed by atoms with Crippen LogP contribution in [0.4, 0.5) is 13.2 Å². The Hall–Kier alpha value is 2.06. The molecule has 0 aromatic heterocycles. The van der Waals surface area contributed by atoms with Gasteiger partial charge in [-0.15, -0.1) is 46.6 Å². The molecule has 25 heavy (non-hydrogen) atoms. The van der Waals surface area contributed by atoms with Crippen LogP contribution in [0, 0.1) is 32.7 Å². The average Bonchev–Trinajstić information content (AvgIpc) is 2.41. The van der Waals surface area contributed by atoms with Crippen molar-refractivity contribution < 1.29 is 121 Å². The van der Waals surface area contributed by atoms with E-state index in [-0.39, 0.29) is 110 Å². The van der Waals surface area contributed by atoms with E-state index in [1.165, 1.54) is 12.3 Å². The molecule has 0 heterocycles. The van der Waals surface area contributed by atoms with Crippen LogP contribution >= 0.6 is 31.9 Å². The van der Waals surface area contributed by atoms with Gasteiger partial charge in [-0.25, -0.2) is 0 Å². The number of ether oxygens (including phenoxy) is 1. The number of halogens is 5. The summed E-state index contributed by atoms with van der Waals surface area (Å²) in [5.41, 5.74) is 0.368. The molecule has 0 spiro atoms. The molecule has 0 aliphatic heterocycles. The molecule has 0 saturated carbocycles. The van der Waals surface area contributed by atoms with Gasteiger partial charge in [-0.2, -0.15) is 13.2 Å². The fourth-order valence-corrected chi connectivity index (χ4v) is 1.70. The number of nitrogens with zero attached hydrogens (tertiary/aromatic N) is 1. The van der Waals surface area contributed by atoms with E-state index in [1.54, 1.807) is 12.1 Å². The molecule has 0 fully saturated rings. The van der Waals surface area contributed by atoms with Crippen molar-refractivity contribution in [1.82, 2.24) is 0 Å². The standard InChI is InChI=1S/C15H11Br2F3NO.CH3.2K/c1-10(15(18,19)20)3-4-12-7-13(17)5-6-14(12)22-9-21-8-11(2)16;;;/h2-6,8-10H,1H3;1H3;;/q-3;-1;2*+1/b4-3-,21-8-;;;. The smallest absolute Gasteiger partial charge is 0.579 e. The summed E-state index contributed by atoms with van der Waals surface area (Å²) in [5.74, 6) is -1.25. The van der Waals surface area contributed by atoms with Crippen LogP contribution in [0.3, 0.4) is 0 Å². The van der Waals surface area contributed by atoms with Gasteiger partial charge >= 0.3 is 109 Å². The molecule has 1 rings (SSSR count). The Morgan fingerprint density at radius 2 is 2.00 bits per heavy atom. The predicted molar refractivity (Wildman–Crippen MR) is 93.8 cm³/mol. The van der Waals surface area contributed by atoms with Gasteiger partial charge in [-0.3, -0.25) is 6.58 Å². The Labute approximate surface area is 249 Å². The first kappa shape index (κ1) is 31.7. The predicted octanol–water partition coefficient (Wildman–Crippen LogP) is 0.200. The van der Waals surface area contributed by atoms with Crippen molar-refractivity contribution in [3.05, 3.63) is 59.5 Å². The van der Waals surface area contributed by atoms with Crippen LogP contribution in [-0.4, -0.2) is 12.4 Å². The Morgan fingerprint density at radius 1 is 1.40 bits per heavy atom. The van der Waals surface area contributed by atoms with Crippen molar-refractivity contribution in [1.29, 1.82) is 0 Å². The second-order valence-electron chi connectivity index (χ2n) is 4.16. The molecular weight excluding hydrogens is 517 g/mol. The largest absolute Gasteiger partial charge is 1.00 e. The van der Waals surface area contributed by atoms with E-state index in [4.69, 9.17) is 11.3 Å². The maximum absolute atomic E-state index is 12.5. The minimum absolute atomic E-state index is 0. The summed E-state index contributed by atoms with van der Waals surface area (Å²) in [6.07, 6.45) is -0.633. The second kappa shape index (κ2) is 15.9. The van der Waals surface area contributed by atoms with Gasteiger partial charge in [0.15, 0.2) is 0 Å². The van der Waals surface area contributed by atoms with Crippen LogP contribution in [-0.2, 0) is 0 Å². The van der Waals surface area contributed by atoms with Gasteiger partial charge in [0.2, 0.25) is 0 Å². The second-order valence-corrected chi connectivity index (χ2v) is 5.93. The van der Waals surface area contributed by atoms with Gasteiger partial charge in [-0.05, 0) is 0 Å². The summed E-state index contributed by atoms with van der Waals surface area (Å²) in [7, 11) is 0. The summed E-state index contributed by atoms with van der Waals surface area (Å²) >= 11 is 6.19. The van der Waals surface area contributed by atoms with Crippen LogP contribution in [0.15, 0.2) is 32.2 Å². The van der Waals surface area contributed by atoms with Gasteiger partial charge in [0, 0.05) is 12.5 Å². The molecule has 2 nitrogen and oxygen atoms in total. The SMILES string of the molecule is [CH-]=C(Br)/C=N\[CH-]Oc1ccc(Br)[c-]c1/C=C\C(C)C(F)(F)F.[CH3-].[K+].[K+]. The fraction of sp³-hybridized carbons (Fsp3) is 0.188. The van der Waals surface area contributed by atoms with E-state index in [0.717, 1.165) is 19.7 Å². The molecule has 1 aromatic carbocycles. The van der Waals surface area contributed by atoms with Crippen molar-refractivity contribution in [3.8, 4) is 5.75 Å². The van der Waals surface area contributed by atoms with Gasteiger partial charge in [-0.1, -0.05) is 43.3 Å². The van der Waals surface area contributed by atoms with E-state index in [2.05, 4.69) is 42.9 Å². The quantitative estimate of drug-likeness (QED) is 0.292. The molecule has 0 aliphatic carbocycles. The molecule has 1 aromatic rings. The van der Waals surface area contributed by atoms with Crippen molar-refractivity contribution in [2.75, 3.05) is 0 Å². The fourth-order valence-electron chi connectivity index (χ4n) is 1.24. The normalized spacial score (nSPS) is 11.9. The van der Waals surface area contributed by atoms with E-state index < -0.39 is 12.1 Å². The van der Waals surface area contributed by atoms with Crippen LogP contribution in [0.25, 0.3) is 6.08 Å². The molecule has 0 saturated heterocycles. The maximum atomic E-state index is 12.5. The number of hydrogen-bond donors (Lipinski definition) is 0. The third-order valence-electron chi connectivity index (χ3n) is 2.41. The molecule has 1 atom stereocenters. The summed E-state index contributed by atoms with van der Waals surface area (Å²) < 4.78 is 43.7. The van der Waals surface area contributed by atoms with Crippen LogP contribution in [0.1, 0.15) is 12.5 Å². The van der Waals surface area contributed by atoms with Crippen molar-refractivity contribution in [2.45, 2.75) is 13.1 Å². The zero-order valence-electron chi connectivity index (χ0n) is 14.4. The number of allylic oxidation sites excluding steroid dienone is 2. The van der Waals surface area contributed by atoms with E-state index in [1.807, 2.05) is 0 Å². The summed E-state index contributed by atoms with van der Waals surface area (Å²) in [6.45, 7) is 7.51. The topological polar surface area (TPSA) is 21.6 Å². The van der Waals surface area contributed by atoms with Gasteiger partial charge < -0.3 is 17.2 Å². The van der Waals surface area contributed by atoms with Crippen molar-refractivity contribution in [2.24, 2.45) is 10.9 Å². The first-order chi connectivity index (χ1) is 10.2. The third-order valence-corrected chi connectivity index (χ3v) is 3.07. The summed E-state index contributed by atoms with van der Waals surface area (Å²) in [6, 6.07) is 6.10. The molecule has 0 N–H and O–H groups in total. The van der Waals surface area contributed by atoms with Crippen LogP contribution in [0.5, 0.6) is 5.75 Å². The zero-order valence-corrected chi connectivity index (χ0v) is 23.8. The van der Waals surface area contributed by atoms with Gasteiger partial charge in [0.25, 0.3) is 0 Å². The first-order valence-electron chi connectivity index (χ1n) is 5.96. The van der Waals surface area contributed by atoms with Crippen molar-refractivity contribution >= 4 is 44.2 Å². The summed E-state index contributed by atoms with van der Waals surface area (Å²) in [4.78, 5) is 3.75. The molecule has 128 valence electrons. The Kier molecular flexibility index (Phi) is 20.2. The van der Waals surface area contributed by atoms with E-state index >= 15 is 0 Å². The Balaban J connectivity index is -0.00000161. The summed E-state index contributed by atoms with van der Waals surface area (Å²) in [5, 5.41) is 0. The third kappa shape index (κ3) is 13.8. The Bertz CT molecular complexity index is 593. The molecule has 9 heteroatoms. The molecule has 0 radical (unpaired) electrons. The number of aliphatic imine (C=N–C) groups is 1.